The first-order chi connectivity index (χ1) is 16.1. The molecule has 0 saturated carbocycles. The lowest BCUT2D eigenvalue weighted by Gasteiger charge is -2.22. The smallest absolute Gasteiger partial charge is 0.282 e. The molecule has 6 nitrogen and oxygen atoms in total. The van der Waals surface area contributed by atoms with Crippen molar-refractivity contribution < 1.29 is 14.3 Å². The Morgan fingerprint density at radius 2 is 1.70 bits per heavy atom. The first kappa shape index (κ1) is 22.6. The molecule has 0 bridgehead atoms. The van der Waals surface area contributed by atoms with Crippen LogP contribution in [0.1, 0.15) is 25.6 Å². The number of anilines is 3. The summed E-state index contributed by atoms with van der Waals surface area (Å²) in [5, 5.41) is 5.09. The molecular weight excluding hydrogens is 434 g/mol. The molecule has 1 aliphatic rings. The van der Waals surface area contributed by atoms with Crippen LogP contribution in [-0.2, 0) is 9.59 Å². The van der Waals surface area contributed by atoms with E-state index in [0.717, 1.165) is 23.7 Å². The molecule has 0 atom stereocenters. The number of rotatable bonds is 9. The molecule has 0 spiro atoms. The summed E-state index contributed by atoms with van der Waals surface area (Å²) in [6, 6.07) is 18.7. The zero-order valence-corrected chi connectivity index (χ0v) is 19.8. The van der Waals surface area contributed by atoms with Crippen LogP contribution in [0.15, 0.2) is 71.7 Å². The molecule has 3 aromatic rings. The van der Waals surface area contributed by atoms with Crippen LogP contribution < -0.4 is 19.9 Å². The lowest BCUT2D eigenvalue weighted by atomic mass is 10.2. The normalized spacial score (nSPS) is 13.6. The van der Waals surface area contributed by atoms with Crippen molar-refractivity contribution in [2.75, 3.05) is 34.8 Å². The summed E-state index contributed by atoms with van der Waals surface area (Å²) in [5.74, 6) is -0.0105. The van der Waals surface area contributed by atoms with Crippen molar-refractivity contribution in [3.05, 3.63) is 76.6 Å². The second-order valence-corrected chi connectivity index (χ2v) is 8.40. The van der Waals surface area contributed by atoms with Crippen molar-refractivity contribution in [1.29, 1.82) is 0 Å². The Bertz CT molecular complexity index is 1170. The van der Waals surface area contributed by atoms with E-state index in [-0.39, 0.29) is 17.5 Å². The van der Waals surface area contributed by atoms with Crippen molar-refractivity contribution in [1.82, 2.24) is 0 Å². The van der Waals surface area contributed by atoms with E-state index >= 15 is 0 Å². The van der Waals surface area contributed by atoms with E-state index in [1.165, 1.54) is 16.2 Å². The van der Waals surface area contributed by atoms with Crippen molar-refractivity contribution in [2.45, 2.75) is 20.8 Å². The van der Waals surface area contributed by atoms with E-state index in [2.05, 4.69) is 24.1 Å². The largest absolute Gasteiger partial charge is 0.494 e. The lowest BCUT2D eigenvalue weighted by Crippen LogP contribution is -2.32. The highest BCUT2D eigenvalue weighted by Gasteiger charge is 2.40. The van der Waals surface area contributed by atoms with E-state index in [1.54, 1.807) is 0 Å². The van der Waals surface area contributed by atoms with Crippen LogP contribution in [0, 0.1) is 0 Å². The molecule has 0 unspecified atom stereocenters. The Morgan fingerprint density at radius 1 is 0.939 bits per heavy atom. The van der Waals surface area contributed by atoms with Crippen LogP contribution >= 0.6 is 11.3 Å². The minimum atomic E-state index is -0.374. The molecule has 2 amide bonds. The number of nitrogens with one attached hydrogen (secondary N) is 1. The van der Waals surface area contributed by atoms with Gasteiger partial charge in [0, 0.05) is 35.4 Å². The predicted octanol–water partition coefficient (Wildman–Crippen LogP) is 5.39. The molecule has 7 heteroatoms. The predicted molar refractivity (Wildman–Crippen MR) is 135 cm³/mol. The van der Waals surface area contributed by atoms with E-state index in [4.69, 9.17) is 4.74 Å². The second kappa shape index (κ2) is 9.92. The van der Waals surface area contributed by atoms with Crippen LogP contribution in [-0.4, -0.2) is 31.5 Å². The van der Waals surface area contributed by atoms with Gasteiger partial charge in [-0.05, 0) is 68.6 Å². The van der Waals surface area contributed by atoms with Gasteiger partial charge >= 0.3 is 0 Å². The zero-order valence-electron chi connectivity index (χ0n) is 19.0. The highest BCUT2D eigenvalue weighted by atomic mass is 32.1. The Balaban J connectivity index is 1.69. The van der Waals surface area contributed by atoms with Gasteiger partial charge in [0.1, 0.15) is 11.4 Å². The van der Waals surface area contributed by atoms with Gasteiger partial charge in [0.05, 0.1) is 17.9 Å². The minimum Gasteiger partial charge on any atom is -0.494 e. The molecule has 0 saturated heterocycles. The molecule has 1 N–H and O–H groups in total. The van der Waals surface area contributed by atoms with Crippen LogP contribution in [0.5, 0.6) is 5.75 Å². The molecule has 1 aliphatic heterocycles. The topological polar surface area (TPSA) is 61.9 Å². The number of nitrogens with zero attached hydrogens (tertiary/aromatic N) is 2. The Morgan fingerprint density at radius 3 is 2.33 bits per heavy atom. The first-order valence-electron chi connectivity index (χ1n) is 11.1. The standard InChI is InChI=1S/C26H27N3O3S/c1-4-28(5-2)19-12-14-20(15-13-19)29-25(30)23(22-11-8-16-33-22)24(26(29)31)27-18-9-7-10-21(17-18)32-6-3/h7-17,27H,4-6H2,1-3H3. The van der Waals surface area contributed by atoms with Crippen LogP contribution in [0.3, 0.4) is 0 Å². The van der Waals surface area contributed by atoms with Crippen molar-refractivity contribution in [2.24, 2.45) is 0 Å². The van der Waals surface area contributed by atoms with Gasteiger partial charge in [0.2, 0.25) is 0 Å². The number of benzene rings is 2. The molecule has 0 aliphatic carbocycles. The highest BCUT2D eigenvalue weighted by Crippen LogP contribution is 2.36. The van der Waals surface area contributed by atoms with Gasteiger partial charge in [-0.2, -0.15) is 0 Å². The number of ether oxygens (including phenoxy) is 1. The van der Waals surface area contributed by atoms with Gasteiger partial charge in [-0.1, -0.05) is 12.1 Å². The molecule has 170 valence electrons. The third-order valence-electron chi connectivity index (χ3n) is 5.50. The lowest BCUT2D eigenvalue weighted by molar-refractivity contribution is -0.120. The van der Waals surface area contributed by atoms with Gasteiger partial charge in [0.25, 0.3) is 11.8 Å². The Hall–Kier alpha value is -3.58. The number of amides is 2. The maximum Gasteiger partial charge on any atom is 0.282 e. The number of carbonyl (C=O) groups is 2. The zero-order chi connectivity index (χ0) is 23.4. The number of thiophene rings is 1. The van der Waals surface area contributed by atoms with Gasteiger partial charge in [0.15, 0.2) is 0 Å². The van der Waals surface area contributed by atoms with Crippen LogP contribution in [0.25, 0.3) is 5.57 Å². The summed E-state index contributed by atoms with van der Waals surface area (Å²) < 4.78 is 5.58. The molecule has 0 radical (unpaired) electrons. The molecule has 1 aromatic heterocycles. The molecular formula is C26H27N3O3S. The summed E-state index contributed by atoms with van der Waals surface area (Å²) >= 11 is 1.43. The molecule has 33 heavy (non-hydrogen) atoms. The number of imide groups is 1. The monoisotopic (exact) mass is 461 g/mol. The van der Waals surface area contributed by atoms with Gasteiger partial charge < -0.3 is 15.0 Å². The summed E-state index contributed by atoms with van der Waals surface area (Å²) in [6.45, 7) is 8.43. The number of carbonyl (C=O) groups excluding carboxylic acids is 2. The van der Waals surface area contributed by atoms with E-state index < -0.39 is 0 Å². The van der Waals surface area contributed by atoms with Crippen molar-refractivity contribution in [3.8, 4) is 5.75 Å². The minimum absolute atomic E-state index is 0.268. The summed E-state index contributed by atoms with van der Waals surface area (Å²) in [4.78, 5) is 31.2. The third kappa shape index (κ3) is 4.50. The van der Waals surface area contributed by atoms with Gasteiger partial charge in [-0.25, -0.2) is 4.90 Å². The SMILES string of the molecule is CCOc1cccc(NC2=C(c3cccs3)C(=O)N(c3ccc(N(CC)CC)cc3)C2=O)c1. The Labute approximate surface area is 198 Å². The summed E-state index contributed by atoms with van der Waals surface area (Å²) in [6.07, 6.45) is 0. The average Bonchev–Trinajstić information content (AvgIpc) is 3.42. The van der Waals surface area contributed by atoms with E-state index in [0.29, 0.717) is 29.3 Å². The average molecular weight is 462 g/mol. The Kier molecular flexibility index (Phi) is 6.79. The fourth-order valence-corrected chi connectivity index (χ4v) is 4.67. The number of hydrogen-bond donors (Lipinski definition) is 1. The van der Waals surface area contributed by atoms with Crippen LogP contribution in [0.2, 0.25) is 0 Å². The number of hydrogen-bond acceptors (Lipinski definition) is 6. The maximum absolute atomic E-state index is 13.5. The van der Waals surface area contributed by atoms with Gasteiger partial charge in [-0.3, -0.25) is 9.59 Å². The fourth-order valence-electron chi connectivity index (χ4n) is 3.91. The van der Waals surface area contributed by atoms with Gasteiger partial charge in [-0.15, -0.1) is 11.3 Å². The molecule has 4 rings (SSSR count). The fraction of sp³-hybridized carbons (Fsp3) is 0.231. The third-order valence-corrected chi connectivity index (χ3v) is 6.39. The summed E-state index contributed by atoms with van der Waals surface area (Å²) in [5.41, 5.74) is 2.94. The quantitative estimate of drug-likeness (QED) is 0.433. The molecule has 2 heterocycles. The highest BCUT2D eigenvalue weighted by molar-refractivity contribution is 7.11. The molecule has 0 fully saturated rings. The van der Waals surface area contributed by atoms with Crippen LogP contribution in [0.4, 0.5) is 17.1 Å². The van der Waals surface area contributed by atoms with Crippen molar-refractivity contribution >= 4 is 45.8 Å². The van der Waals surface area contributed by atoms with E-state index in [1.807, 2.05) is 73.0 Å². The van der Waals surface area contributed by atoms with E-state index in [9.17, 15) is 9.59 Å². The molecule has 2 aromatic carbocycles. The summed E-state index contributed by atoms with van der Waals surface area (Å²) in [7, 11) is 0. The maximum atomic E-state index is 13.5. The first-order valence-corrected chi connectivity index (χ1v) is 12.0. The second-order valence-electron chi connectivity index (χ2n) is 7.45. The van der Waals surface area contributed by atoms with Crippen molar-refractivity contribution in [3.63, 3.8) is 0 Å².